The van der Waals surface area contributed by atoms with Gasteiger partial charge in [0.25, 0.3) is 0 Å². The van der Waals surface area contributed by atoms with Crippen molar-refractivity contribution >= 4 is 34.5 Å². The van der Waals surface area contributed by atoms with Gasteiger partial charge in [-0.05, 0) is 49.1 Å². The number of alkyl halides is 1. The van der Waals surface area contributed by atoms with Gasteiger partial charge in [0.15, 0.2) is 0 Å². The number of aryl methyl sites for hydroxylation is 3. The highest BCUT2D eigenvalue weighted by atomic mass is 35.5. The number of thiophene rings is 1. The Morgan fingerprint density at radius 2 is 1.65 bits per heavy atom. The molecule has 17 heavy (non-hydrogen) atoms. The Bertz CT molecular complexity index is 503. The summed E-state index contributed by atoms with van der Waals surface area (Å²) in [5.74, 6) is 0. The molecule has 0 fully saturated rings. The van der Waals surface area contributed by atoms with Gasteiger partial charge in [-0.1, -0.05) is 29.8 Å². The molecule has 1 heterocycles. The summed E-state index contributed by atoms with van der Waals surface area (Å²) in [4.78, 5) is 1.12. The summed E-state index contributed by atoms with van der Waals surface area (Å²) in [6, 6.07) is 8.33. The average molecular weight is 285 g/mol. The maximum Gasteiger partial charge on any atom is 0.0960 e. The molecule has 0 aliphatic heterocycles. The van der Waals surface area contributed by atoms with Gasteiger partial charge in [-0.25, -0.2) is 0 Å². The molecular weight excluding hydrogens is 271 g/mol. The average Bonchev–Trinajstić information content (AvgIpc) is 2.59. The van der Waals surface area contributed by atoms with Crippen LogP contribution in [0.5, 0.6) is 0 Å². The summed E-state index contributed by atoms with van der Waals surface area (Å²) in [5.41, 5.74) is 4.76. The third-order valence-electron chi connectivity index (χ3n) is 2.92. The fraction of sp³-hybridized carbons (Fsp3) is 0.286. The molecule has 2 aromatic rings. The van der Waals surface area contributed by atoms with Crippen molar-refractivity contribution in [1.29, 1.82) is 0 Å². The number of halogens is 2. The lowest BCUT2D eigenvalue weighted by Gasteiger charge is -2.14. The van der Waals surface area contributed by atoms with Crippen molar-refractivity contribution in [3.05, 3.63) is 55.7 Å². The standard InChI is InChI=1S/C14H14Cl2S/c1-8-5-4-6-9(2)12(8)13(15)11-7-10(3)14(16)17-11/h4-7,13H,1-3H3. The molecule has 0 spiro atoms. The van der Waals surface area contributed by atoms with Crippen molar-refractivity contribution in [1.82, 2.24) is 0 Å². The van der Waals surface area contributed by atoms with Crippen LogP contribution >= 0.6 is 34.5 Å². The van der Waals surface area contributed by atoms with Crippen LogP contribution in [0, 0.1) is 20.8 Å². The Labute approximate surface area is 116 Å². The summed E-state index contributed by atoms with van der Waals surface area (Å²) in [6.07, 6.45) is 0. The molecule has 0 aliphatic rings. The summed E-state index contributed by atoms with van der Waals surface area (Å²) in [7, 11) is 0. The topological polar surface area (TPSA) is 0 Å². The second-order valence-electron chi connectivity index (χ2n) is 4.27. The Morgan fingerprint density at radius 1 is 1.06 bits per heavy atom. The number of benzene rings is 1. The molecule has 1 unspecified atom stereocenters. The van der Waals surface area contributed by atoms with Gasteiger partial charge in [-0.3, -0.25) is 0 Å². The molecule has 3 heteroatoms. The smallest absolute Gasteiger partial charge is 0.0960 e. The van der Waals surface area contributed by atoms with E-state index in [0.717, 1.165) is 14.8 Å². The Balaban J connectivity index is 2.47. The van der Waals surface area contributed by atoms with Crippen LogP contribution in [0.2, 0.25) is 4.34 Å². The monoisotopic (exact) mass is 284 g/mol. The van der Waals surface area contributed by atoms with Gasteiger partial charge in [-0.2, -0.15) is 0 Å². The van der Waals surface area contributed by atoms with E-state index in [1.165, 1.54) is 16.7 Å². The predicted molar refractivity (Wildman–Crippen MR) is 77.7 cm³/mol. The molecular formula is C14H14Cl2S. The van der Waals surface area contributed by atoms with Gasteiger partial charge in [0.2, 0.25) is 0 Å². The maximum atomic E-state index is 6.58. The molecule has 0 aliphatic carbocycles. The second kappa shape index (κ2) is 5.01. The third kappa shape index (κ3) is 2.52. The van der Waals surface area contributed by atoms with E-state index in [-0.39, 0.29) is 5.38 Å². The molecule has 90 valence electrons. The molecule has 0 N–H and O–H groups in total. The van der Waals surface area contributed by atoms with E-state index in [9.17, 15) is 0 Å². The van der Waals surface area contributed by atoms with Crippen LogP contribution in [0.15, 0.2) is 24.3 Å². The van der Waals surface area contributed by atoms with Crippen LogP contribution in [0.25, 0.3) is 0 Å². The number of hydrogen-bond acceptors (Lipinski definition) is 1. The van der Waals surface area contributed by atoms with Gasteiger partial charge in [0.1, 0.15) is 0 Å². The van der Waals surface area contributed by atoms with Crippen molar-refractivity contribution in [2.75, 3.05) is 0 Å². The first-order chi connectivity index (χ1) is 8.00. The van der Waals surface area contributed by atoms with Crippen molar-refractivity contribution in [2.24, 2.45) is 0 Å². The normalized spacial score (nSPS) is 12.8. The largest absolute Gasteiger partial charge is 0.126 e. The summed E-state index contributed by atoms with van der Waals surface area (Å²) < 4.78 is 0.830. The highest BCUT2D eigenvalue weighted by molar-refractivity contribution is 7.16. The summed E-state index contributed by atoms with van der Waals surface area (Å²) in [6.45, 7) is 6.20. The predicted octanol–water partition coefficient (Wildman–Crippen LogP) is 5.65. The van der Waals surface area contributed by atoms with E-state index in [2.05, 4.69) is 38.1 Å². The molecule has 0 amide bonds. The number of rotatable bonds is 2. The molecule has 0 radical (unpaired) electrons. The minimum absolute atomic E-state index is 0.104. The molecule has 0 saturated heterocycles. The van der Waals surface area contributed by atoms with Crippen LogP contribution < -0.4 is 0 Å². The Morgan fingerprint density at radius 3 is 2.12 bits per heavy atom. The van der Waals surface area contributed by atoms with E-state index in [0.29, 0.717) is 0 Å². The molecule has 2 rings (SSSR count). The zero-order valence-electron chi connectivity index (χ0n) is 10.1. The maximum absolute atomic E-state index is 6.58. The first kappa shape index (κ1) is 12.9. The van der Waals surface area contributed by atoms with Gasteiger partial charge >= 0.3 is 0 Å². The fourth-order valence-electron chi connectivity index (χ4n) is 1.98. The molecule has 0 nitrogen and oxygen atoms in total. The van der Waals surface area contributed by atoms with Crippen LogP contribution in [0.3, 0.4) is 0 Å². The van der Waals surface area contributed by atoms with Gasteiger partial charge in [0.05, 0.1) is 9.71 Å². The van der Waals surface area contributed by atoms with E-state index >= 15 is 0 Å². The van der Waals surface area contributed by atoms with Crippen LogP contribution in [-0.2, 0) is 0 Å². The minimum Gasteiger partial charge on any atom is -0.126 e. The van der Waals surface area contributed by atoms with E-state index in [4.69, 9.17) is 23.2 Å². The van der Waals surface area contributed by atoms with E-state index in [1.54, 1.807) is 11.3 Å². The van der Waals surface area contributed by atoms with Gasteiger partial charge < -0.3 is 0 Å². The van der Waals surface area contributed by atoms with Crippen LogP contribution in [0.4, 0.5) is 0 Å². The number of hydrogen-bond donors (Lipinski definition) is 0. The third-order valence-corrected chi connectivity index (χ3v) is 5.12. The van der Waals surface area contributed by atoms with Crippen molar-refractivity contribution in [3.8, 4) is 0 Å². The summed E-state index contributed by atoms with van der Waals surface area (Å²) >= 11 is 14.2. The molecule has 0 bridgehead atoms. The molecule has 1 aromatic heterocycles. The highest BCUT2D eigenvalue weighted by Gasteiger charge is 2.18. The van der Waals surface area contributed by atoms with E-state index < -0.39 is 0 Å². The second-order valence-corrected chi connectivity index (χ2v) is 6.40. The van der Waals surface area contributed by atoms with Crippen molar-refractivity contribution in [2.45, 2.75) is 26.1 Å². The Hall–Kier alpha value is -0.500. The molecule has 1 atom stereocenters. The minimum atomic E-state index is -0.104. The van der Waals surface area contributed by atoms with Crippen LogP contribution in [-0.4, -0.2) is 0 Å². The van der Waals surface area contributed by atoms with Crippen molar-refractivity contribution in [3.63, 3.8) is 0 Å². The summed E-state index contributed by atoms with van der Waals surface area (Å²) in [5, 5.41) is -0.104. The lowest BCUT2D eigenvalue weighted by molar-refractivity contribution is 1.11. The van der Waals surface area contributed by atoms with Gasteiger partial charge in [-0.15, -0.1) is 22.9 Å². The quantitative estimate of drug-likeness (QED) is 0.625. The zero-order valence-corrected chi connectivity index (χ0v) is 12.4. The Kier molecular flexibility index (Phi) is 3.82. The SMILES string of the molecule is Cc1cc(C(Cl)c2c(C)cccc2C)sc1Cl. The molecule has 0 saturated carbocycles. The first-order valence-electron chi connectivity index (χ1n) is 5.46. The lowest BCUT2D eigenvalue weighted by Crippen LogP contribution is -1.97. The zero-order chi connectivity index (χ0) is 12.6. The van der Waals surface area contributed by atoms with Crippen molar-refractivity contribution < 1.29 is 0 Å². The van der Waals surface area contributed by atoms with E-state index in [1.807, 2.05) is 6.92 Å². The fourth-order valence-corrected chi connectivity index (χ4v) is 3.72. The van der Waals surface area contributed by atoms with Crippen LogP contribution in [0.1, 0.15) is 32.5 Å². The highest BCUT2D eigenvalue weighted by Crippen LogP contribution is 2.39. The van der Waals surface area contributed by atoms with Gasteiger partial charge in [0, 0.05) is 4.88 Å². The first-order valence-corrected chi connectivity index (χ1v) is 7.10. The lowest BCUT2D eigenvalue weighted by atomic mass is 9.99. The molecule has 1 aromatic carbocycles.